The predicted octanol–water partition coefficient (Wildman–Crippen LogP) is 3.73. The van der Waals surface area contributed by atoms with E-state index in [4.69, 9.17) is 9.47 Å². The van der Waals surface area contributed by atoms with Crippen molar-refractivity contribution in [3.63, 3.8) is 0 Å². The predicted molar refractivity (Wildman–Crippen MR) is 72.7 cm³/mol. The molecule has 22 heavy (non-hydrogen) atoms. The summed E-state index contributed by atoms with van der Waals surface area (Å²) < 4.78 is 48.2. The lowest BCUT2D eigenvalue weighted by Gasteiger charge is -2.21. The van der Waals surface area contributed by atoms with Gasteiger partial charge in [0, 0.05) is 11.6 Å². The molecular weight excluding hydrogens is 303 g/mol. The zero-order chi connectivity index (χ0) is 16.3. The van der Waals surface area contributed by atoms with Crippen LogP contribution in [-0.4, -0.2) is 30.4 Å². The van der Waals surface area contributed by atoms with Crippen LogP contribution in [0.5, 0.6) is 5.75 Å². The van der Waals surface area contributed by atoms with E-state index in [1.54, 1.807) is 6.08 Å². The summed E-state index contributed by atoms with van der Waals surface area (Å²) in [6.45, 7) is 1.54. The van der Waals surface area contributed by atoms with Crippen LogP contribution in [-0.2, 0) is 4.74 Å². The van der Waals surface area contributed by atoms with Gasteiger partial charge in [-0.3, -0.25) is 10.1 Å². The number of nitrogens with zero attached hydrogens (tertiary/aromatic N) is 1. The van der Waals surface area contributed by atoms with Gasteiger partial charge in [0.1, 0.15) is 0 Å². The van der Waals surface area contributed by atoms with Crippen LogP contribution < -0.4 is 4.74 Å². The van der Waals surface area contributed by atoms with Gasteiger partial charge in [0.05, 0.1) is 18.1 Å². The molecule has 8 heteroatoms. The molecule has 1 aliphatic rings. The number of ether oxygens (including phenoxy) is 2. The molecule has 0 fully saturated rings. The number of hydrogen-bond acceptors (Lipinski definition) is 4. The minimum Gasteiger partial charge on any atom is -0.474 e. The molecule has 5 nitrogen and oxygen atoms in total. The smallest absolute Gasteiger partial charge is 0.425 e. The van der Waals surface area contributed by atoms with Crippen molar-refractivity contribution in [3.05, 3.63) is 40.0 Å². The number of nitro benzene ring substituents is 1. The van der Waals surface area contributed by atoms with Crippen LogP contribution in [0.15, 0.2) is 24.3 Å². The lowest BCUT2D eigenvalue weighted by atomic mass is 9.99. The highest BCUT2D eigenvalue weighted by Crippen LogP contribution is 2.39. The average Bonchev–Trinajstić information content (AvgIpc) is 2.47. The Morgan fingerprint density at radius 3 is 2.68 bits per heavy atom. The Kier molecular flexibility index (Phi) is 4.70. The normalized spacial score (nSPS) is 16.8. The minimum absolute atomic E-state index is 0.300. The Balaban J connectivity index is 2.47. The fraction of sp³-hybridized carbons (Fsp3) is 0.429. The third-order valence-corrected chi connectivity index (χ3v) is 3.26. The molecule has 1 heterocycles. The fourth-order valence-corrected chi connectivity index (χ4v) is 2.06. The minimum atomic E-state index is -4.61. The summed E-state index contributed by atoms with van der Waals surface area (Å²) in [5, 5.41) is 11.1. The largest absolute Gasteiger partial charge is 0.474 e. The number of alkyl halides is 3. The zero-order valence-electron chi connectivity index (χ0n) is 11.7. The van der Waals surface area contributed by atoms with Crippen LogP contribution in [0.25, 0.3) is 5.57 Å². The van der Waals surface area contributed by atoms with Gasteiger partial charge >= 0.3 is 11.9 Å². The molecule has 0 aromatic heterocycles. The molecule has 0 saturated heterocycles. The van der Waals surface area contributed by atoms with E-state index in [0.29, 0.717) is 30.8 Å². The van der Waals surface area contributed by atoms with E-state index in [-0.39, 0.29) is 5.75 Å². The van der Waals surface area contributed by atoms with Crippen molar-refractivity contribution >= 4 is 11.3 Å². The Hall–Kier alpha value is -2.09. The first-order valence-electron chi connectivity index (χ1n) is 6.58. The number of para-hydroxylation sites is 1. The molecule has 1 aromatic carbocycles. The standard InChI is InChI=1S/C14H14F3NO4/c1-9(14(15,16)17)22-13-11(10-5-7-21-8-6-10)3-2-4-12(13)18(19)20/h2-5,9H,6-8H2,1H3/t9-/m0/s1. The average molecular weight is 317 g/mol. The van der Waals surface area contributed by atoms with E-state index in [9.17, 15) is 23.3 Å². The molecular formula is C14H14F3NO4. The monoisotopic (exact) mass is 317 g/mol. The molecule has 1 aromatic rings. The third kappa shape index (κ3) is 3.56. The van der Waals surface area contributed by atoms with Crippen molar-refractivity contribution in [1.29, 1.82) is 0 Å². The highest BCUT2D eigenvalue weighted by Gasteiger charge is 2.39. The summed E-state index contributed by atoms with van der Waals surface area (Å²) in [4.78, 5) is 10.3. The summed E-state index contributed by atoms with van der Waals surface area (Å²) >= 11 is 0. The van der Waals surface area contributed by atoms with E-state index in [1.165, 1.54) is 12.1 Å². The fourth-order valence-electron chi connectivity index (χ4n) is 2.06. The summed E-state index contributed by atoms with van der Waals surface area (Å²) in [6, 6.07) is 4.07. The molecule has 1 aliphatic heterocycles. The van der Waals surface area contributed by atoms with Gasteiger partial charge in [-0.15, -0.1) is 0 Å². The Bertz CT molecular complexity index is 598. The molecule has 2 rings (SSSR count). The van der Waals surface area contributed by atoms with E-state index >= 15 is 0 Å². The van der Waals surface area contributed by atoms with Gasteiger partial charge in [0.25, 0.3) is 0 Å². The van der Waals surface area contributed by atoms with Crippen LogP contribution >= 0.6 is 0 Å². The third-order valence-electron chi connectivity index (χ3n) is 3.26. The molecule has 0 bridgehead atoms. The van der Waals surface area contributed by atoms with Crippen molar-refractivity contribution in [1.82, 2.24) is 0 Å². The van der Waals surface area contributed by atoms with Gasteiger partial charge in [0.2, 0.25) is 5.75 Å². The van der Waals surface area contributed by atoms with E-state index in [1.807, 2.05) is 0 Å². The number of nitro groups is 1. The highest BCUT2D eigenvalue weighted by molar-refractivity contribution is 5.75. The summed E-state index contributed by atoms with van der Waals surface area (Å²) in [6.07, 6.45) is -4.61. The summed E-state index contributed by atoms with van der Waals surface area (Å²) in [5.74, 6) is -0.356. The van der Waals surface area contributed by atoms with Gasteiger partial charge in [-0.2, -0.15) is 13.2 Å². The maximum atomic E-state index is 12.7. The van der Waals surface area contributed by atoms with Crippen LogP contribution in [0.1, 0.15) is 18.9 Å². The van der Waals surface area contributed by atoms with Crippen molar-refractivity contribution in [3.8, 4) is 5.75 Å². The molecule has 0 saturated carbocycles. The Morgan fingerprint density at radius 2 is 2.14 bits per heavy atom. The van der Waals surface area contributed by atoms with E-state index in [2.05, 4.69) is 0 Å². The first kappa shape index (κ1) is 16.3. The van der Waals surface area contributed by atoms with Gasteiger partial charge in [0.15, 0.2) is 6.10 Å². The topological polar surface area (TPSA) is 61.6 Å². The van der Waals surface area contributed by atoms with Crippen molar-refractivity contribution in [2.75, 3.05) is 13.2 Å². The van der Waals surface area contributed by atoms with Crippen molar-refractivity contribution < 1.29 is 27.6 Å². The van der Waals surface area contributed by atoms with Crippen LogP contribution in [0.4, 0.5) is 18.9 Å². The number of halogens is 3. The summed E-state index contributed by atoms with van der Waals surface area (Å²) in [5.41, 5.74) is 0.494. The van der Waals surface area contributed by atoms with Crippen LogP contribution in [0.2, 0.25) is 0 Å². The second kappa shape index (κ2) is 6.35. The lowest BCUT2D eigenvalue weighted by molar-refractivity contribution is -0.386. The first-order chi connectivity index (χ1) is 10.3. The first-order valence-corrected chi connectivity index (χ1v) is 6.58. The molecule has 0 N–H and O–H groups in total. The number of hydrogen-bond donors (Lipinski definition) is 0. The quantitative estimate of drug-likeness (QED) is 0.627. The molecule has 0 spiro atoms. The Morgan fingerprint density at radius 1 is 1.41 bits per heavy atom. The Labute approximate surface area is 124 Å². The molecule has 0 radical (unpaired) electrons. The lowest BCUT2D eigenvalue weighted by Crippen LogP contribution is -2.31. The zero-order valence-corrected chi connectivity index (χ0v) is 11.7. The molecule has 0 aliphatic carbocycles. The van der Waals surface area contributed by atoms with Gasteiger partial charge in [-0.05, 0) is 18.9 Å². The number of rotatable bonds is 4. The van der Waals surface area contributed by atoms with Crippen LogP contribution in [0, 0.1) is 10.1 Å². The maximum Gasteiger partial charge on any atom is 0.425 e. The second-order valence-corrected chi connectivity index (χ2v) is 4.77. The van der Waals surface area contributed by atoms with Crippen molar-refractivity contribution in [2.24, 2.45) is 0 Å². The highest BCUT2D eigenvalue weighted by atomic mass is 19.4. The van der Waals surface area contributed by atoms with Gasteiger partial charge in [-0.25, -0.2) is 0 Å². The van der Waals surface area contributed by atoms with Crippen LogP contribution in [0.3, 0.4) is 0 Å². The molecule has 120 valence electrons. The maximum absolute atomic E-state index is 12.7. The van der Waals surface area contributed by atoms with E-state index in [0.717, 1.165) is 13.0 Å². The molecule has 1 atom stereocenters. The van der Waals surface area contributed by atoms with Gasteiger partial charge in [-0.1, -0.05) is 18.2 Å². The van der Waals surface area contributed by atoms with Crippen molar-refractivity contribution in [2.45, 2.75) is 25.6 Å². The molecule has 0 unspecified atom stereocenters. The second-order valence-electron chi connectivity index (χ2n) is 4.77. The summed E-state index contributed by atoms with van der Waals surface area (Å²) in [7, 11) is 0. The van der Waals surface area contributed by atoms with Gasteiger partial charge < -0.3 is 9.47 Å². The van der Waals surface area contributed by atoms with E-state index < -0.39 is 22.9 Å². The molecule has 0 amide bonds. The SMILES string of the molecule is C[C@H](Oc1c(C2=CCOCC2)cccc1[N+](=O)[O-])C(F)(F)F. The number of benzene rings is 1.